The van der Waals surface area contributed by atoms with Gasteiger partial charge in [-0.25, -0.2) is 0 Å². The maximum Gasteiger partial charge on any atom is 0.228 e. The Labute approximate surface area is 84.1 Å². The highest BCUT2D eigenvalue weighted by Gasteiger charge is 2.44. The van der Waals surface area contributed by atoms with Crippen molar-refractivity contribution < 1.29 is 4.79 Å². The molecule has 0 aliphatic heterocycles. The van der Waals surface area contributed by atoms with Crippen molar-refractivity contribution in [1.29, 1.82) is 0 Å². The van der Waals surface area contributed by atoms with Gasteiger partial charge in [0.05, 0.1) is 5.41 Å². The second-order valence-electron chi connectivity index (χ2n) is 4.17. The van der Waals surface area contributed by atoms with Gasteiger partial charge in [-0.05, 0) is 25.3 Å². The summed E-state index contributed by atoms with van der Waals surface area (Å²) in [4.78, 5) is 11.4. The quantitative estimate of drug-likeness (QED) is 0.758. The number of benzene rings is 1. The smallest absolute Gasteiger partial charge is 0.228 e. The number of amides is 1. The van der Waals surface area contributed by atoms with Gasteiger partial charge in [-0.3, -0.25) is 4.79 Å². The fourth-order valence-corrected chi connectivity index (χ4v) is 2.15. The van der Waals surface area contributed by atoms with Crippen LogP contribution in [0.3, 0.4) is 0 Å². The Hall–Kier alpha value is -1.31. The lowest BCUT2D eigenvalue weighted by Gasteiger charge is -2.39. The molecule has 0 unspecified atom stereocenters. The lowest BCUT2D eigenvalue weighted by Crippen LogP contribution is -2.46. The Morgan fingerprint density at radius 2 is 2.14 bits per heavy atom. The highest BCUT2D eigenvalue weighted by Crippen LogP contribution is 2.43. The molecule has 0 spiro atoms. The standard InChI is InChI=1S/C12H15NO/c1-9-4-2-5-10(8-9)12(11(13)14)6-3-7-12/h2,4-5,8H,3,6-7H2,1H3,(H2,13,14). The Kier molecular flexibility index (Phi) is 2.06. The van der Waals surface area contributed by atoms with Crippen LogP contribution < -0.4 is 5.73 Å². The van der Waals surface area contributed by atoms with Crippen molar-refractivity contribution in [2.24, 2.45) is 5.73 Å². The minimum absolute atomic E-state index is 0.172. The van der Waals surface area contributed by atoms with E-state index in [1.165, 1.54) is 5.56 Å². The Morgan fingerprint density at radius 3 is 2.57 bits per heavy atom. The van der Waals surface area contributed by atoms with Gasteiger partial charge in [0.15, 0.2) is 0 Å². The van der Waals surface area contributed by atoms with Crippen molar-refractivity contribution >= 4 is 5.91 Å². The van der Waals surface area contributed by atoms with E-state index in [0.29, 0.717) is 0 Å². The molecule has 2 N–H and O–H groups in total. The molecular weight excluding hydrogens is 174 g/mol. The summed E-state index contributed by atoms with van der Waals surface area (Å²) in [5, 5.41) is 0. The van der Waals surface area contributed by atoms with Crippen LogP contribution >= 0.6 is 0 Å². The van der Waals surface area contributed by atoms with Gasteiger partial charge in [-0.2, -0.15) is 0 Å². The average Bonchev–Trinajstić information content (AvgIpc) is 2.00. The zero-order chi connectivity index (χ0) is 10.2. The van der Waals surface area contributed by atoms with Gasteiger partial charge >= 0.3 is 0 Å². The molecule has 1 amide bonds. The average molecular weight is 189 g/mol. The predicted octanol–water partition coefficient (Wildman–Crippen LogP) is 1.90. The van der Waals surface area contributed by atoms with Gasteiger partial charge in [-0.15, -0.1) is 0 Å². The SMILES string of the molecule is Cc1cccc(C2(C(N)=O)CCC2)c1. The Morgan fingerprint density at radius 1 is 1.43 bits per heavy atom. The van der Waals surface area contributed by atoms with Gasteiger partial charge in [0.1, 0.15) is 0 Å². The molecular formula is C12H15NO. The Bertz CT molecular complexity index is 366. The third-order valence-electron chi connectivity index (χ3n) is 3.25. The van der Waals surface area contributed by atoms with Crippen LogP contribution in [-0.2, 0) is 10.2 Å². The molecule has 0 heterocycles. The van der Waals surface area contributed by atoms with Crippen molar-refractivity contribution in [3.8, 4) is 0 Å². The molecule has 14 heavy (non-hydrogen) atoms. The third-order valence-corrected chi connectivity index (χ3v) is 3.25. The summed E-state index contributed by atoms with van der Waals surface area (Å²) in [7, 11) is 0. The number of carbonyl (C=O) groups excluding carboxylic acids is 1. The normalized spacial score (nSPS) is 18.6. The van der Waals surface area contributed by atoms with E-state index in [1.807, 2.05) is 25.1 Å². The van der Waals surface area contributed by atoms with E-state index in [9.17, 15) is 4.79 Å². The zero-order valence-corrected chi connectivity index (χ0v) is 8.42. The van der Waals surface area contributed by atoms with Crippen LogP contribution in [0.1, 0.15) is 30.4 Å². The second kappa shape index (κ2) is 3.12. The first-order chi connectivity index (χ1) is 6.65. The third kappa shape index (κ3) is 1.22. The molecule has 0 bridgehead atoms. The van der Waals surface area contributed by atoms with Crippen molar-refractivity contribution in [1.82, 2.24) is 0 Å². The molecule has 2 nitrogen and oxygen atoms in total. The van der Waals surface area contributed by atoms with Crippen molar-refractivity contribution in [2.45, 2.75) is 31.6 Å². The van der Waals surface area contributed by atoms with E-state index in [4.69, 9.17) is 5.73 Å². The lowest BCUT2D eigenvalue weighted by molar-refractivity contribution is -0.126. The minimum atomic E-state index is -0.355. The van der Waals surface area contributed by atoms with E-state index < -0.39 is 0 Å². The molecule has 0 saturated heterocycles. The van der Waals surface area contributed by atoms with Crippen LogP contribution in [0.25, 0.3) is 0 Å². The van der Waals surface area contributed by atoms with Crippen LogP contribution in [0.2, 0.25) is 0 Å². The molecule has 1 saturated carbocycles. The fourth-order valence-electron chi connectivity index (χ4n) is 2.15. The van der Waals surface area contributed by atoms with Crippen LogP contribution in [0.15, 0.2) is 24.3 Å². The van der Waals surface area contributed by atoms with E-state index in [1.54, 1.807) is 0 Å². The molecule has 2 rings (SSSR count). The maximum absolute atomic E-state index is 11.4. The number of rotatable bonds is 2. The molecule has 1 aromatic rings. The number of aryl methyl sites for hydroxylation is 1. The Balaban J connectivity index is 2.42. The van der Waals surface area contributed by atoms with E-state index in [2.05, 4.69) is 6.07 Å². The fraction of sp³-hybridized carbons (Fsp3) is 0.417. The number of primary amides is 1. The highest BCUT2D eigenvalue weighted by atomic mass is 16.1. The molecule has 1 aliphatic rings. The predicted molar refractivity (Wildman–Crippen MR) is 55.9 cm³/mol. The minimum Gasteiger partial charge on any atom is -0.369 e. The summed E-state index contributed by atoms with van der Waals surface area (Å²) in [6.45, 7) is 2.04. The number of hydrogen-bond acceptors (Lipinski definition) is 1. The van der Waals surface area contributed by atoms with Gasteiger partial charge in [0.2, 0.25) is 5.91 Å². The van der Waals surface area contributed by atoms with Crippen molar-refractivity contribution in [2.75, 3.05) is 0 Å². The number of hydrogen-bond donors (Lipinski definition) is 1. The van der Waals surface area contributed by atoms with E-state index in [-0.39, 0.29) is 11.3 Å². The first kappa shape index (κ1) is 9.25. The second-order valence-corrected chi connectivity index (χ2v) is 4.17. The first-order valence-corrected chi connectivity index (χ1v) is 5.02. The molecule has 0 atom stereocenters. The monoisotopic (exact) mass is 189 g/mol. The maximum atomic E-state index is 11.4. The summed E-state index contributed by atoms with van der Waals surface area (Å²) < 4.78 is 0. The molecule has 2 heteroatoms. The van der Waals surface area contributed by atoms with Crippen molar-refractivity contribution in [3.63, 3.8) is 0 Å². The molecule has 1 aliphatic carbocycles. The zero-order valence-electron chi connectivity index (χ0n) is 8.42. The highest BCUT2D eigenvalue weighted by molar-refractivity contribution is 5.87. The summed E-state index contributed by atoms with van der Waals surface area (Å²) in [6, 6.07) is 8.12. The largest absolute Gasteiger partial charge is 0.369 e. The van der Waals surface area contributed by atoms with Gasteiger partial charge in [0, 0.05) is 0 Å². The lowest BCUT2D eigenvalue weighted by atomic mass is 9.64. The van der Waals surface area contributed by atoms with Crippen LogP contribution in [0.5, 0.6) is 0 Å². The molecule has 0 radical (unpaired) electrons. The topological polar surface area (TPSA) is 43.1 Å². The van der Waals surface area contributed by atoms with E-state index in [0.717, 1.165) is 24.8 Å². The molecule has 1 fully saturated rings. The molecule has 74 valence electrons. The van der Waals surface area contributed by atoms with Gasteiger partial charge in [-0.1, -0.05) is 36.2 Å². The molecule has 0 aromatic heterocycles. The molecule has 1 aromatic carbocycles. The van der Waals surface area contributed by atoms with Crippen molar-refractivity contribution in [3.05, 3.63) is 35.4 Å². The summed E-state index contributed by atoms with van der Waals surface area (Å²) in [6.07, 6.45) is 2.93. The van der Waals surface area contributed by atoms with Crippen LogP contribution in [-0.4, -0.2) is 5.91 Å². The van der Waals surface area contributed by atoms with Gasteiger partial charge < -0.3 is 5.73 Å². The van der Waals surface area contributed by atoms with E-state index >= 15 is 0 Å². The summed E-state index contributed by atoms with van der Waals surface area (Å²) in [5.41, 5.74) is 7.40. The van der Waals surface area contributed by atoms with Crippen LogP contribution in [0.4, 0.5) is 0 Å². The summed E-state index contributed by atoms with van der Waals surface area (Å²) in [5.74, 6) is -0.172. The first-order valence-electron chi connectivity index (χ1n) is 5.02. The van der Waals surface area contributed by atoms with Crippen LogP contribution in [0, 0.1) is 6.92 Å². The summed E-state index contributed by atoms with van der Waals surface area (Å²) >= 11 is 0. The van der Waals surface area contributed by atoms with Gasteiger partial charge in [0.25, 0.3) is 0 Å². The number of carbonyl (C=O) groups is 1. The number of nitrogens with two attached hydrogens (primary N) is 1.